The number of amides is 2. The minimum absolute atomic E-state index is 0. The fourth-order valence-electron chi connectivity index (χ4n) is 4.11. The Morgan fingerprint density at radius 1 is 1.21 bits per heavy atom. The maximum Gasteiger partial charge on any atom is 0.260 e. The van der Waals surface area contributed by atoms with Crippen LogP contribution in [0.2, 0.25) is 0 Å². The number of likely N-dealkylation sites (tertiary alicyclic amines) is 1. The number of rotatable bonds is 6. The van der Waals surface area contributed by atoms with E-state index in [0.717, 1.165) is 5.56 Å². The molecule has 2 aliphatic rings. The lowest BCUT2D eigenvalue weighted by Crippen LogP contribution is -2.58. The fraction of sp³-hybridized carbons (Fsp3) is 0.500. The van der Waals surface area contributed by atoms with Gasteiger partial charge in [-0.25, -0.2) is 4.98 Å². The quantitative estimate of drug-likeness (QED) is 0.692. The van der Waals surface area contributed by atoms with Gasteiger partial charge in [-0.15, -0.1) is 0 Å². The van der Waals surface area contributed by atoms with Crippen molar-refractivity contribution >= 4 is 29.3 Å². The monoisotopic (exact) mass is 454 g/mol. The van der Waals surface area contributed by atoms with Gasteiger partial charge in [0.15, 0.2) is 12.4 Å². The molecule has 2 aliphatic heterocycles. The molecule has 1 saturated heterocycles. The number of ether oxygens (including phenoxy) is 1. The van der Waals surface area contributed by atoms with E-state index in [0.29, 0.717) is 42.0 Å². The molecule has 0 unspecified atom stereocenters. The highest BCUT2D eigenvalue weighted by molar-refractivity contribution is 6.03. The second kappa shape index (κ2) is 9.64. The number of carbonyl (C=O) groups excluding carboxylic acids is 2. The van der Waals surface area contributed by atoms with Crippen molar-refractivity contribution in [2.45, 2.75) is 47.2 Å². The van der Waals surface area contributed by atoms with Gasteiger partial charge in [-0.1, -0.05) is 39.0 Å². The maximum atomic E-state index is 12.5. The molecule has 33 heavy (non-hydrogen) atoms. The molecule has 178 valence electrons. The number of benzene rings is 1. The number of nitrogens with zero attached hydrogens (tertiary/aromatic N) is 4. The first-order valence-electron chi connectivity index (χ1n) is 10.9. The highest BCUT2D eigenvalue weighted by atomic mass is 16.5. The first kappa shape index (κ1) is 24.3. The average molecular weight is 455 g/mol. The number of hydrogen-bond acceptors (Lipinski definition) is 7. The van der Waals surface area contributed by atoms with Crippen LogP contribution in [0.5, 0.6) is 5.75 Å². The van der Waals surface area contributed by atoms with Crippen LogP contribution in [0.3, 0.4) is 0 Å². The van der Waals surface area contributed by atoms with E-state index in [1.807, 2.05) is 63.9 Å². The van der Waals surface area contributed by atoms with E-state index in [9.17, 15) is 9.59 Å². The van der Waals surface area contributed by atoms with Gasteiger partial charge in [0.2, 0.25) is 11.9 Å². The van der Waals surface area contributed by atoms with Gasteiger partial charge >= 0.3 is 0 Å². The first-order chi connectivity index (χ1) is 15.2. The number of aromatic nitrogens is 2. The Labute approximate surface area is 195 Å². The molecule has 2 N–H and O–H groups in total. The largest absolute Gasteiger partial charge is 0.484 e. The Morgan fingerprint density at radius 2 is 1.88 bits per heavy atom. The number of hydrogen-bond donors (Lipinski definition) is 2. The van der Waals surface area contributed by atoms with E-state index in [4.69, 9.17) is 4.74 Å². The molecule has 9 heteroatoms. The zero-order valence-corrected chi connectivity index (χ0v) is 19.2. The molecule has 1 aromatic heterocycles. The van der Waals surface area contributed by atoms with Crippen molar-refractivity contribution in [3.8, 4) is 5.75 Å². The second-order valence-corrected chi connectivity index (χ2v) is 8.86. The lowest BCUT2D eigenvalue weighted by atomic mass is 9.99. The summed E-state index contributed by atoms with van der Waals surface area (Å²) < 4.78 is 5.58. The summed E-state index contributed by atoms with van der Waals surface area (Å²) in [6.07, 6.45) is 0. The van der Waals surface area contributed by atoms with Crippen molar-refractivity contribution < 1.29 is 14.3 Å². The molecule has 0 spiro atoms. The molecule has 0 radical (unpaired) electrons. The van der Waals surface area contributed by atoms with E-state index in [-0.39, 0.29) is 43.8 Å². The van der Waals surface area contributed by atoms with Crippen LogP contribution in [0, 0.1) is 19.8 Å². The van der Waals surface area contributed by atoms with Crippen molar-refractivity contribution in [3.63, 3.8) is 0 Å². The lowest BCUT2D eigenvalue weighted by Gasteiger charge is -2.40. The Morgan fingerprint density at radius 3 is 2.52 bits per heavy atom. The standard InChI is InChI=1S/C23H30N6O3.CH4/c1-13(2)20-22(31)26-19-15(4)24-23(27-21(19)28(20)5)25-16-10-29(11-16)18(30)12-32-17-8-6-14(3)7-9-17;/h6-9,13,16,20H,10-12H2,1-5H3,(H,26,31)(H,24,25,27);1H4/t20-;/m0./s1. The Hall–Kier alpha value is -3.36. The molecule has 2 amide bonds. The van der Waals surface area contributed by atoms with Gasteiger partial charge in [-0.2, -0.15) is 4.98 Å². The average Bonchev–Trinajstić information content (AvgIpc) is 2.70. The van der Waals surface area contributed by atoms with Gasteiger partial charge in [-0.3, -0.25) is 9.59 Å². The zero-order chi connectivity index (χ0) is 23.0. The molecular formula is C24H34N6O3. The number of likely N-dealkylation sites (N-methyl/N-ethyl adjacent to an activating group) is 1. The van der Waals surface area contributed by atoms with E-state index in [1.165, 1.54) is 0 Å². The topological polar surface area (TPSA) is 99.7 Å². The van der Waals surface area contributed by atoms with Crippen molar-refractivity contribution in [2.75, 3.05) is 42.3 Å². The Bertz CT molecular complexity index is 1020. The van der Waals surface area contributed by atoms with Crippen LogP contribution in [-0.2, 0) is 9.59 Å². The molecule has 1 atom stereocenters. The summed E-state index contributed by atoms with van der Waals surface area (Å²) in [7, 11) is 1.89. The summed E-state index contributed by atoms with van der Waals surface area (Å²) >= 11 is 0. The van der Waals surface area contributed by atoms with Crippen LogP contribution in [0.4, 0.5) is 17.5 Å². The van der Waals surface area contributed by atoms with E-state index in [2.05, 4.69) is 20.6 Å². The Kier molecular flexibility index (Phi) is 7.09. The van der Waals surface area contributed by atoms with Gasteiger partial charge in [0.25, 0.3) is 5.91 Å². The number of anilines is 3. The number of carbonyl (C=O) groups is 2. The third kappa shape index (κ3) is 5.02. The summed E-state index contributed by atoms with van der Waals surface area (Å²) in [4.78, 5) is 37.7. The van der Waals surface area contributed by atoms with Crippen LogP contribution in [0.15, 0.2) is 24.3 Å². The molecule has 2 aromatic rings. The van der Waals surface area contributed by atoms with Gasteiger partial charge in [0.05, 0.1) is 11.7 Å². The normalized spacial score (nSPS) is 17.6. The first-order valence-corrected chi connectivity index (χ1v) is 10.9. The summed E-state index contributed by atoms with van der Waals surface area (Å²) in [5.74, 6) is 1.95. The smallest absolute Gasteiger partial charge is 0.260 e. The fourth-order valence-corrected chi connectivity index (χ4v) is 4.11. The third-order valence-electron chi connectivity index (χ3n) is 5.92. The van der Waals surface area contributed by atoms with Crippen molar-refractivity contribution in [2.24, 2.45) is 5.92 Å². The van der Waals surface area contributed by atoms with Crippen LogP contribution in [-0.4, -0.2) is 65.5 Å². The summed E-state index contributed by atoms with van der Waals surface area (Å²) in [5.41, 5.74) is 2.51. The molecule has 0 saturated carbocycles. The third-order valence-corrected chi connectivity index (χ3v) is 5.92. The Balaban J connectivity index is 0.00000306. The van der Waals surface area contributed by atoms with Crippen molar-refractivity contribution in [1.82, 2.24) is 14.9 Å². The molecule has 3 heterocycles. The maximum absolute atomic E-state index is 12.5. The van der Waals surface area contributed by atoms with Gasteiger partial charge in [-0.05, 0) is 31.9 Å². The van der Waals surface area contributed by atoms with Crippen LogP contribution in [0.1, 0.15) is 32.5 Å². The number of fused-ring (bicyclic) bond motifs is 1. The summed E-state index contributed by atoms with van der Waals surface area (Å²) in [5, 5.41) is 6.26. The van der Waals surface area contributed by atoms with Crippen LogP contribution in [0.25, 0.3) is 0 Å². The molecule has 1 fully saturated rings. The van der Waals surface area contributed by atoms with Crippen LogP contribution >= 0.6 is 0 Å². The summed E-state index contributed by atoms with van der Waals surface area (Å²) in [6.45, 7) is 9.04. The predicted octanol–water partition coefficient (Wildman–Crippen LogP) is 2.84. The molecular weight excluding hydrogens is 420 g/mol. The van der Waals surface area contributed by atoms with E-state index >= 15 is 0 Å². The predicted molar refractivity (Wildman–Crippen MR) is 130 cm³/mol. The lowest BCUT2D eigenvalue weighted by molar-refractivity contribution is -0.137. The minimum Gasteiger partial charge on any atom is -0.484 e. The zero-order valence-electron chi connectivity index (χ0n) is 19.2. The van der Waals surface area contributed by atoms with Gasteiger partial charge in [0.1, 0.15) is 17.5 Å². The summed E-state index contributed by atoms with van der Waals surface area (Å²) in [6, 6.07) is 7.42. The molecule has 0 bridgehead atoms. The SMILES string of the molecule is C.Cc1ccc(OCC(=O)N2CC(Nc3nc(C)c4c(n3)N(C)[C@@H](C(C)C)C(=O)N4)C2)cc1. The highest BCUT2D eigenvalue weighted by Crippen LogP contribution is 2.34. The molecule has 9 nitrogen and oxygen atoms in total. The van der Waals surface area contributed by atoms with Gasteiger partial charge in [0, 0.05) is 20.1 Å². The van der Waals surface area contributed by atoms with E-state index in [1.54, 1.807) is 4.90 Å². The second-order valence-electron chi connectivity index (χ2n) is 8.86. The van der Waals surface area contributed by atoms with Crippen molar-refractivity contribution in [1.29, 1.82) is 0 Å². The number of nitrogens with one attached hydrogen (secondary N) is 2. The molecule has 0 aliphatic carbocycles. The van der Waals surface area contributed by atoms with Crippen molar-refractivity contribution in [3.05, 3.63) is 35.5 Å². The number of aryl methyl sites for hydroxylation is 2. The van der Waals surface area contributed by atoms with Gasteiger partial charge < -0.3 is 25.2 Å². The molecule has 1 aromatic carbocycles. The highest BCUT2D eigenvalue weighted by Gasteiger charge is 2.36. The van der Waals surface area contributed by atoms with E-state index < -0.39 is 0 Å². The van der Waals surface area contributed by atoms with Crippen LogP contribution < -0.4 is 20.3 Å². The molecule has 4 rings (SSSR count). The minimum atomic E-state index is -0.282.